The van der Waals surface area contributed by atoms with Gasteiger partial charge in [-0.25, -0.2) is 9.18 Å². The van der Waals surface area contributed by atoms with Gasteiger partial charge in [-0.1, -0.05) is 0 Å². The normalized spacial score (nSPS) is 11.3. The van der Waals surface area contributed by atoms with E-state index in [1.54, 1.807) is 25.1 Å². The van der Waals surface area contributed by atoms with Crippen molar-refractivity contribution in [1.82, 2.24) is 9.88 Å². The molecule has 0 aliphatic carbocycles. The van der Waals surface area contributed by atoms with E-state index in [4.69, 9.17) is 5.11 Å². The van der Waals surface area contributed by atoms with Crippen LogP contribution in [0.5, 0.6) is 0 Å². The van der Waals surface area contributed by atoms with E-state index in [0.717, 1.165) is 11.4 Å². The summed E-state index contributed by atoms with van der Waals surface area (Å²) in [5.41, 5.74) is 1.22. The van der Waals surface area contributed by atoms with Gasteiger partial charge in [0.15, 0.2) is 0 Å². The summed E-state index contributed by atoms with van der Waals surface area (Å²) in [4.78, 5) is 23.5. The molecule has 0 saturated carbocycles. The zero-order valence-corrected chi connectivity index (χ0v) is 13.5. The first-order chi connectivity index (χ1) is 10.6. The Balaban J connectivity index is 2.39. The summed E-state index contributed by atoms with van der Waals surface area (Å²) >= 11 is 0. The van der Waals surface area contributed by atoms with E-state index in [2.05, 4.69) is 5.32 Å². The molecule has 0 atom stereocenters. The summed E-state index contributed by atoms with van der Waals surface area (Å²) in [6.45, 7) is 6.44. The highest BCUT2D eigenvalue weighted by molar-refractivity contribution is 5.99. The van der Waals surface area contributed by atoms with Crippen molar-refractivity contribution < 1.29 is 19.1 Å². The van der Waals surface area contributed by atoms with Crippen molar-refractivity contribution in [2.45, 2.75) is 33.2 Å². The van der Waals surface area contributed by atoms with Crippen molar-refractivity contribution >= 4 is 11.9 Å². The van der Waals surface area contributed by atoms with Crippen LogP contribution in [0, 0.1) is 19.7 Å². The third-order valence-corrected chi connectivity index (χ3v) is 3.72. The lowest BCUT2D eigenvalue weighted by molar-refractivity contribution is -0.143. The van der Waals surface area contributed by atoms with Crippen LogP contribution < -0.4 is 5.32 Å². The molecule has 0 unspecified atom stereocenters. The van der Waals surface area contributed by atoms with Crippen LogP contribution >= 0.6 is 0 Å². The predicted octanol–water partition coefficient (Wildman–Crippen LogP) is 2.83. The van der Waals surface area contributed by atoms with Gasteiger partial charge in [-0.05, 0) is 58.0 Å². The average molecular weight is 318 g/mol. The number of carbonyl (C=O) groups excluding carboxylic acids is 1. The van der Waals surface area contributed by atoms with E-state index in [-0.39, 0.29) is 5.82 Å². The van der Waals surface area contributed by atoms with Crippen LogP contribution in [0.2, 0.25) is 0 Å². The Morgan fingerprint density at radius 3 is 2.26 bits per heavy atom. The maximum atomic E-state index is 13.1. The van der Waals surface area contributed by atoms with Crippen LogP contribution in [-0.4, -0.2) is 27.1 Å². The van der Waals surface area contributed by atoms with Crippen LogP contribution in [0.15, 0.2) is 30.3 Å². The van der Waals surface area contributed by atoms with Gasteiger partial charge in [0.1, 0.15) is 11.4 Å². The SMILES string of the molecule is Cc1cc(C(=O)NC(C)(C)C(=O)O)c(C)n1-c1ccc(F)cc1. The first-order valence-corrected chi connectivity index (χ1v) is 7.14. The highest BCUT2D eigenvalue weighted by Gasteiger charge is 2.30. The van der Waals surface area contributed by atoms with Crippen molar-refractivity contribution in [3.63, 3.8) is 0 Å². The number of rotatable bonds is 4. The van der Waals surface area contributed by atoms with Crippen LogP contribution in [-0.2, 0) is 4.79 Å². The molecule has 23 heavy (non-hydrogen) atoms. The molecule has 0 spiro atoms. The fraction of sp³-hybridized carbons (Fsp3) is 0.294. The third kappa shape index (κ3) is 3.26. The standard InChI is InChI=1S/C17H19FN2O3/c1-10-9-14(15(21)19-17(3,4)16(22)23)11(2)20(10)13-7-5-12(18)6-8-13/h5-9H,1-4H3,(H,19,21)(H,22,23). The van der Waals surface area contributed by atoms with Gasteiger partial charge < -0.3 is 15.0 Å². The van der Waals surface area contributed by atoms with Gasteiger partial charge in [0.05, 0.1) is 5.56 Å². The molecule has 0 bridgehead atoms. The quantitative estimate of drug-likeness (QED) is 0.910. The smallest absolute Gasteiger partial charge is 0.328 e. The lowest BCUT2D eigenvalue weighted by Crippen LogP contribution is -2.49. The maximum Gasteiger partial charge on any atom is 0.328 e. The van der Waals surface area contributed by atoms with E-state index in [0.29, 0.717) is 11.3 Å². The van der Waals surface area contributed by atoms with Gasteiger partial charge >= 0.3 is 5.97 Å². The lowest BCUT2D eigenvalue weighted by Gasteiger charge is -2.21. The van der Waals surface area contributed by atoms with E-state index in [9.17, 15) is 14.0 Å². The van der Waals surface area contributed by atoms with Gasteiger partial charge in [0.2, 0.25) is 0 Å². The Labute approximate surface area is 133 Å². The lowest BCUT2D eigenvalue weighted by atomic mass is 10.1. The molecule has 5 nitrogen and oxygen atoms in total. The molecule has 1 heterocycles. The maximum absolute atomic E-state index is 13.1. The van der Waals surface area contributed by atoms with Gasteiger partial charge in [-0.15, -0.1) is 0 Å². The highest BCUT2D eigenvalue weighted by Crippen LogP contribution is 2.21. The number of aliphatic carboxylic acids is 1. The van der Waals surface area contributed by atoms with Crippen LogP contribution in [0.1, 0.15) is 35.6 Å². The molecule has 2 N–H and O–H groups in total. The second-order valence-electron chi connectivity index (χ2n) is 5.98. The zero-order valence-electron chi connectivity index (χ0n) is 13.5. The highest BCUT2D eigenvalue weighted by atomic mass is 19.1. The molecule has 6 heteroatoms. The van der Waals surface area contributed by atoms with E-state index < -0.39 is 17.4 Å². The van der Waals surface area contributed by atoms with Gasteiger partial charge in [-0.2, -0.15) is 0 Å². The molecule has 0 aliphatic heterocycles. The van der Waals surface area contributed by atoms with Crippen molar-refractivity contribution in [1.29, 1.82) is 0 Å². The molecule has 1 aromatic heterocycles. The summed E-state index contributed by atoms with van der Waals surface area (Å²) in [5, 5.41) is 11.6. The Morgan fingerprint density at radius 2 is 1.74 bits per heavy atom. The van der Waals surface area contributed by atoms with E-state index >= 15 is 0 Å². The molecule has 0 radical (unpaired) electrons. The largest absolute Gasteiger partial charge is 0.480 e. The fourth-order valence-corrected chi connectivity index (χ4v) is 2.38. The third-order valence-electron chi connectivity index (χ3n) is 3.72. The number of benzene rings is 1. The second kappa shape index (κ2) is 5.87. The van der Waals surface area contributed by atoms with Gasteiger partial charge in [-0.3, -0.25) is 4.79 Å². The van der Waals surface area contributed by atoms with Crippen LogP contribution in [0.25, 0.3) is 5.69 Å². The number of hydrogen-bond acceptors (Lipinski definition) is 2. The minimum absolute atomic E-state index is 0.336. The molecule has 122 valence electrons. The Kier molecular flexibility index (Phi) is 4.27. The van der Waals surface area contributed by atoms with Crippen molar-refractivity contribution in [2.75, 3.05) is 0 Å². The van der Waals surface area contributed by atoms with Crippen molar-refractivity contribution in [3.05, 3.63) is 53.1 Å². The number of nitrogens with zero attached hydrogens (tertiary/aromatic N) is 1. The number of carbonyl (C=O) groups is 2. The van der Waals surface area contributed by atoms with Gasteiger partial charge in [0, 0.05) is 17.1 Å². The Morgan fingerprint density at radius 1 is 1.17 bits per heavy atom. The number of halogens is 1. The topological polar surface area (TPSA) is 71.3 Å². The molecular weight excluding hydrogens is 299 g/mol. The molecule has 2 rings (SSSR count). The number of carboxylic acids is 1. The number of amides is 1. The van der Waals surface area contributed by atoms with Crippen LogP contribution in [0.3, 0.4) is 0 Å². The number of aryl methyl sites for hydroxylation is 1. The summed E-state index contributed by atoms with van der Waals surface area (Å²) in [5.74, 6) is -1.91. The summed E-state index contributed by atoms with van der Waals surface area (Å²) in [6.07, 6.45) is 0. The minimum atomic E-state index is -1.37. The molecule has 1 amide bonds. The zero-order chi connectivity index (χ0) is 17.4. The molecule has 0 fully saturated rings. The van der Waals surface area contributed by atoms with Crippen molar-refractivity contribution in [3.8, 4) is 5.69 Å². The molecular formula is C17H19FN2O3. The number of hydrogen-bond donors (Lipinski definition) is 2. The molecule has 0 saturated heterocycles. The molecule has 0 aliphatic rings. The molecule has 1 aromatic carbocycles. The number of nitrogens with one attached hydrogen (secondary N) is 1. The average Bonchev–Trinajstić information content (AvgIpc) is 2.75. The molecule has 2 aromatic rings. The minimum Gasteiger partial charge on any atom is -0.480 e. The summed E-state index contributed by atoms with van der Waals surface area (Å²) in [7, 11) is 0. The summed E-state index contributed by atoms with van der Waals surface area (Å²) in [6, 6.07) is 7.63. The van der Waals surface area contributed by atoms with Crippen LogP contribution in [0.4, 0.5) is 4.39 Å². The van der Waals surface area contributed by atoms with E-state index in [1.807, 2.05) is 11.5 Å². The monoisotopic (exact) mass is 318 g/mol. The predicted molar refractivity (Wildman–Crippen MR) is 84.4 cm³/mol. The second-order valence-corrected chi connectivity index (χ2v) is 5.98. The number of aromatic nitrogens is 1. The Bertz CT molecular complexity index is 761. The number of carboxylic acid groups (broad SMARTS) is 1. The first-order valence-electron chi connectivity index (χ1n) is 7.14. The Hall–Kier alpha value is -2.63. The van der Waals surface area contributed by atoms with Crippen molar-refractivity contribution in [2.24, 2.45) is 0 Å². The fourth-order valence-electron chi connectivity index (χ4n) is 2.38. The van der Waals surface area contributed by atoms with E-state index in [1.165, 1.54) is 26.0 Å². The summed E-state index contributed by atoms with van der Waals surface area (Å²) < 4.78 is 14.9. The van der Waals surface area contributed by atoms with Gasteiger partial charge in [0.25, 0.3) is 5.91 Å². The first kappa shape index (κ1) is 16.7.